The molecule has 1 aromatic heterocycles. The van der Waals surface area contributed by atoms with Gasteiger partial charge in [0.1, 0.15) is 41.0 Å². The number of amides is 1. The predicted octanol–water partition coefficient (Wildman–Crippen LogP) is 6.56. The number of nitrogens with zero attached hydrogens (tertiary/aromatic N) is 3. The molecule has 1 amide bonds. The van der Waals surface area contributed by atoms with Crippen LogP contribution in [0.15, 0.2) is 67.5 Å². The number of ether oxygens (including phenoxy) is 3. The normalized spacial score (nSPS) is 13.5. The van der Waals surface area contributed by atoms with Crippen molar-refractivity contribution in [1.82, 2.24) is 14.9 Å². The number of methoxy groups -OCH3 is 2. The zero-order valence-corrected chi connectivity index (χ0v) is 23.4. The second-order valence-electron chi connectivity index (χ2n) is 9.41. The Morgan fingerprint density at radius 3 is 2.51 bits per heavy atom. The second kappa shape index (κ2) is 12.3. The fourth-order valence-electron chi connectivity index (χ4n) is 4.72. The number of hydrogen-bond donors (Lipinski definition) is 2. The van der Waals surface area contributed by atoms with Crippen LogP contribution in [0.3, 0.4) is 0 Å². The Morgan fingerprint density at radius 2 is 1.80 bits per heavy atom. The molecule has 212 valence electrons. The van der Waals surface area contributed by atoms with Gasteiger partial charge < -0.3 is 29.7 Å². The number of likely N-dealkylation sites (tertiary alicyclic amines) is 1. The first-order chi connectivity index (χ1) is 19.9. The summed E-state index contributed by atoms with van der Waals surface area (Å²) in [5, 5.41) is 7.91. The van der Waals surface area contributed by atoms with E-state index in [9.17, 15) is 9.18 Å². The van der Waals surface area contributed by atoms with Gasteiger partial charge in [0.2, 0.25) is 5.91 Å². The largest absolute Gasteiger partial charge is 0.495 e. The monoisotopic (exact) mass is 577 g/mol. The third-order valence-corrected chi connectivity index (χ3v) is 7.12. The highest BCUT2D eigenvalue weighted by Crippen LogP contribution is 2.41. The third-order valence-electron chi connectivity index (χ3n) is 6.83. The minimum atomic E-state index is -0.418. The number of halogens is 2. The average Bonchev–Trinajstić information content (AvgIpc) is 2.98. The molecule has 1 aliphatic rings. The Morgan fingerprint density at radius 1 is 1.05 bits per heavy atom. The molecular formula is C30H29ClFN5O4. The van der Waals surface area contributed by atoms with Crippen LogP contribution in [0.5, 0.6) is 23.0 Å². The van der Waals surface area contributed by atoms with Crippen molar-refractivity contribution < 1.29 is 23.4 Å². The molecular weight excluding hydrogens is 549 g/mol. The summed E-state index contributed by atoms with van der Waals surface area (Å²) in [5.74, 6) is 1.77. The van der Waals surface area contributed by atoms with Crippen molar-refractivity contribution in [3.63, 3.8) is 0 Å². The van der Waals surface area contributed by atoms with E-state index in [0.29, 0.717) is 58.1 Å². The molecule has 0 aliphatic carbocycles. The van der Waals surface area contributed by atoms with Crippen molar-refractivity contribution in [3.05, 3.63) is 78.4 Å². The van der Waals surface area contributed by atoms with Crippen molar-refractivity contribution in [1.29, 1.82) is 0 Å². The summed E-state index contributed by atoms with van der Waals surface area (Å²) in [6, 6.07) is 13.0. The van der Waals surface area contributed by atoms with Gasteiger partial charge in [-0.3, -0.25) is 4.79 Å². The third kappa shape index (κ3) is 6.28. The highest BCUT2D eigenvalue weighted by atomic mass is 35.5. The summed E-state index contributed by atoms with van der Waals surface area (Å²) in [6.45, 7) is 4.87. The van der Waals surface area contributed by atoms with Crippen LogP contribution in [0.2, 0.25) is 5.02 Å². The highest BCUT2D eigenvalue weighted by molar-refractivity contribution is 6.32. The number of carbonyl (C=O) groups is 1. The van der Waals surface area contributed by atoms with Gasteiger partial charge in [0.25, 0.3) is 0 Å². The molecule has 0 unspecified atom stereocenters. The van der Waals surface area contributed by atoms with Crippen molar-refractivity contribution in [3.8, 4) is 23.0 Å². The molecule has 0 spiro atoms. The van der Waals surface area contributed by atoms with Gasteiger partial charge in [0, 0.05) is 42.7 Å². The summed E-state index contributed by atoms with van der Waals surface area (Å²) in [6.07, 6.45) is 4.38. The second-order valence-corrected chi connectivity index (χ2v) is 9.81. The van der Waals surface area contributed by atoms with E-state index < -0.39 is 5.82 Å². The Labute approximate surface area is 241 Å². The van der Waals surface area contributed by atoms with Crippen molar-refractivity contribution in [2.45, 2.75) is 18.9 Å². The highest BCUT2D eigenvalue weighted by Gasteiger charge is 2.23. The maximum atomic E-state index is 13.6. The minimum absolute atomic E-state index is 0.0521. The quantitative estimate of drug-likeness (QED) is 0.216. The van der Waals surface area contributed by atoms with Gasteiger partial charge >= 0.3 is 0 Å². The van der Waals surface area contributed by atoms with Crippen LogP contribution in [0.1, 0.15) is 12.8 Å². The van der Waals surface area contributed by atoms with Crippen LogP contribution < -0.4 is 24.8 Å². The van der Waals surface area contributed by atoms with Crippen LogP contribution >= 0.6 is 11.6 Å². The van der Waals surface area contributed by atoms with Crippen LogP contribution in [0.25, 0.3) is 10.9 Å². The molecule has 0 bridgehead atoms. The maximum absolute atomic E-state index is 13.6. The molecule has 1 fully saturated rings. The predicted molar refractivity (Wildman–Crippen MR) is 157 cm³/mol. The number of piperidine rings is 1. The van der Waals surface area contributed by atoms with E-state index in [-0.39, 0.29) is 11.9 Å². The van der Waals surface area contributed by atoms with Crippen molar-refractivity contribution in [2.24, 2.45) is 0 Å². The number of aromatic nitrogens is 2. The van der Waals surface area contributed by atoms with E-state index in [4.69, 9.17) is 25.8 Å². The van der Waals surface area contributed by atoms with Gasteiger partial charge in [-0.1, -0.05) is 24.2 Å². The Kier molecular flexibility index (Phi) is 8.39. The van der Waals surface area contributed by atoms with Gasteiger partial charge in [0.15, 0.2) is 0 Å². The molecule has 1 saturated heterocycles. The van der Waals surface area contributed by atoms with Crippen LogP contribution in [-0.4, -0.2) is 54.1 Å². The summed E-state index contributed by atoms with van der Waals surface area (Å²) in [7, 11) is 3.14. The van der Waals surface area contributed by atoms with E-state index in [1.165, 1.54) is 31.6 Å². The lowest BCUT2D eigenvalue weighted by atomic mass is 10.0. The summed E-state index contributed by atoms with van der Waals surface area (Å²) < 4.78 is 30.7. The topological polar surface area (TPSA) is 97.8 Å². The minimum Gasteiger partial charge on any atom is -0.495 e. The van der Waals surface area contributed by atoms with Gasteiger partial charge in [-0.15, -0.1) is 0 Å². The fourth-order valence-corrected chi connectivity index (χ4v) is 4.93. The number of anilines is 3. The zero-order chi connectivity index (χ0) is 28.9. The van der Waals surface area contributed by atoms with Crippen LogP contribution in [0.4, 0.5) is 21.6 Å². The summed E-state index contributed by atoms with van der Waals surface area (Å²) >= 11 is 6.54. The molecule has 41 heavy (non-hydrogen) atoms. The van der Waals surface area contributed by atoms with Gasteiger partial charge in [-0.25, -0.2) is 14.4 Å². The molecule has 0 atom stereocenters. The maximum Gasteiger partial charge on any atom is 0.245 e. The van der Waals surface area contributed by atoms with Crippen molar-refractivity contribution in [2.75, 3.05) is 37.9 Å². The molecule has 2 heterocycles. The number of fused-ring (bicyclic) bond motifs is 1. The smallest absolute Gasteiger partial charge is 0.245 e. The lowest BCUT2D eigenvalue weighted by Gasteiger charge is -2.32. The van der Waals surface area contributed by atoms with Crippen LogP contribution in [0, 0.1) is 5.82 Å². The molecule has 4 aromatic rings. The molecule has 2 N–H and O–H groups in total. The molecule has 0 saturated carbocycles. The fraction of sp³-hybridized carbons (Fsp3) is 0.233. The molecule has 0 radical (unpaired) electrons. The Bertz CT molecular complexity index is 1590. The van der Waals surface area contributed by atoms with Crippen LogP contribution in [-0.2, 0) is 4.79 Å². The SMILES string of the molecule is C=CC(=O)N1CCC(Nc2cc3c(Nc4cc(Cl)c(Oc5cccc(F)c5)cc4OC)ncnc3cc2OC)CC1. The van der Waals surface area contributed by atoms with E-state index in [1.807, 2.05) is 12.1 Å². The number of hydrogen-bond acceptors (Lipinski definition) is 8. The lowest BCUT2D eigenvalue weighted by Crippen LogP contribution is -2.41. The molecule has 11 heteroatoms. The summed E-state index contributed by atoms with van der Waals surface area (Å²) in [5.41, 5.74) is 2.01. The van der Waals surface area contributed by atoms with Gasteiger partial charge in [0.05, 0.1) is 36.1 Å². The van der Waals surface area contributed by atoms with Crippen molar-refractivity contribution >= 4 is 45.6 Å². The average molecular weight is 578 g/mol. The number of carbonyl (C=O) groups excluding carboxylic acids is 1. The first kappa shape index (κ1) is 28.0. The zero-order valence-electron chi connectivity index (χ0n) is 22.6. The van der Waals surface area contributed by atoms with E-state index in [1.54, 1.807) is 36.3 Å². The van der Waals surface area contributed by atoms with E-state index >= 15 is 0 Å². The first-order valence-corrected chi connectivity index (χ1v) is 13.3. The van der Waals surface area contributed by atoms with E-state index in [0.717, 1.165) is 23.9 Å². The molecule has 3 aromatic carbocycles. The van der Waals surface area contributed by atoms with Gasteiger partial charge in [-0.2, -0.15) is 0 Å². The molecule has 1 aliphatic heterocycles. The summed E-state index contributed by atoms with van der Waals surface area (Å²) in [4.78, 5) is 22.7. The number of benzene rings is 3. The standard InChI is InChI=1S/C30H29ClFN5O4/c1-4-29(38)37-10-8-19(9-11-37)35-24-13-21-23(15-27(24)39-2)33-17-34-30(21)36-25-14-22(31)26(16-28(25)40-3)41-20-7-5-6-18(32)12-20/h4-7,12-17,19,35H,1,8-11H2,2-3H3,(H,33,34,36). The molecule has 5 rings (SSSR count). The van der Waals surface area contributed by atoms with E-state index in [2.05, 4.69) is 27.2 Å². The number of rotatable bonds is 9. The Hall–Kier alpha value is -4.57. The first-order valence-electron chi connectivity index (χ1n) is 13.0. The lowest BCUT2D eigenvalue weighted by molar-refractivity contribution is -0.126. The Balaban J connectivity index is 1.42. The molecule has 9 nitrogen and oxygen atoms in total. The number of nitrogens with one attached hydrogen (secondary N) is 2. The van der Waals surface area contributed by atoms with Gasteiger partial charge in [-0.05, 0) is 43.2 Å².